The van der Waals surface area contributed by atoms with Gasteiger partial charge in [0, 0.05) is 31.5 Å². The molecule has 2 aliphatic rings. The van der Waals surface area contributed by atoms with Gasteiger partial charge in [0.2, 0.25) is 23.0 Å². The van der Waals surface area contributed by atoms with E-state index in [0.717, 1.165) is 54.4 Å². The van der Waals surface area contributed by atoms with Crippen LogP contribution in [0.15, 0.2) is 29.1 Å². The van der Waals surface area contributed by atoms with Gasteiger partial charge in [-0.25, -0.2) is 0 Å². The molecule has 2 aliphatic carbocycles. The fourth-order valence-corrected chi connectivity index (χ4v) is 6.39. The summed E-state index contributed by atoms with van der Waals surface area (Å²) < 4.78 is 17.1. The molecule has 0 saturated heterocycles. The third-order valence-corrected chi connectivity index (χ3v) is 8.53. The Morgan fingerprint density at radius 2 is 1.60 bits per heavy atom. The summed E-state index contributed by atoms with van der Waals surface area (Å²) in [6, 6.07) is 7.28. The highest BCUT2D eigenvalue weighted by Gasteiger charge is 2.29. The number of fused-ring (bicyclic) bond motifs is 3. The number of ether oxygens (including phenoxy) is 3. The van der Waals surface area contributed by atoms with Gasteiger partial charge in [-0.15, -0.1) is 0 Å². The Kier molecular flexibility index (Phi) is 11.7. The molecule has 234 valence electrons. The van der Waals surface area contributed by atoms with Crippen molar-refractivity contribution in [2.75, 3.05) is 33.2 Å². The van der Waals surface area contributed by atoms with Gasteiger partial charge in [0.1, 0.15) is 0 Å². The molecule has 1 saturated carbocycles. The maximum absolute atomic E-state index is 13.4. The predicted octanol–water partition coefficient (Wildman–Crippen LogP) is 5.67. The van der Waals surface area contributed by atoms with Gasteiger partial charge < -0.3 is 30.2 Å². The van der Waals surface area contributed by atoms with Crippen molar-refractivity contribution in [2.24, 2.45) is 0 Å². The molecule has 2 amide bonds. The van der Waals surface area contributed by atoms with Gasteiger partial charge in [-0.3, -0.25) is 14.4 Å². The van der Waals surface area contributed by atoms with E-state index in [1.165, 1.54) is 32.6 Å². The average molecular weight is 594 g/mol. The van der Waals surface area contributed by atoms with E-state index in [1.807, 2.05) is 12.1 Å². The number of amides is 2. The van der Waals surface area contributed by atoms with Crippen LogP contribution >= 0.6 is 0 Å². The number of benzene rings is 1. The van der Waals surface area contributed by atoms with Crippen molar-refractivity contribution < 1.29 is 23.8 Å². The maximum atomic E-state index is 13.4. The van der Waals surface area contributed by atoms with Gasteiger partial charge in [-0.2, -0.15) is 0 Å². The Bertz CT molecular complexity index is 1340. The molecule has 1 unspecified atom stereocenters. The standard InChI is InChI=1S/C34H47N3O6/c1-22(38)36-27-17-15-23-20-30(41-2)33(42-3)34(43-4)32(23)25-16-18-28(29(39)21-26(25)27)35-19-11-7-10-14-31(40)37-24-12-8-5-6-9-13-24/h16,18,20-21,24,27H,5-15,17,19H2,1-4H3,(H,35,39)(H,36,38)(H,37,40). The quantitative estimate of drug-likeness (QED) is 0.214. The third-order valence-electron chi connectivity index (χ3n) is 8.53. The topological polar surface area (TPSA) is 115 Å². The van der Waals surface area contributed by atoms with Crippen molar-refractivity contribution in [1.29, 1.82) is 0 Å². The van der Waals surface area contributed by atoms with E-state index in [9.17, 15) is 14.4 Å². The molecular formula is C34H47N3O6. The van der Waals surface area contributed by atoms with Gasteiger partial charge >= 0.3 is 0 Å². The maximum Gasteiger partial charge on any atom is 0.220 e. The van der Waals surface area contributed by atoms with Gasteiger partial charge in [0.25, 0.3) is 0 Å². The first-order valence-corrected chi connectivity index (χ1v) is 15.7. The summed E-state index contributed by atoms with van der Waals surface area (Å²) in [5.74, 6) is 1.55. The number of methoxy groups -OCH3 is 3. The largest absolute Gasteiger partial charge is 0.493 e. The molecule has 2 aromatic rings. The molecule has 43 heavy (non-hydrogen) atoms. The lowest BCUT2D eigenvalue weighted by molar-refractivity contribution is -0.122. The molecule has 0 bridgehead atoms. The molecular weight excluding hydrogens is 546 g/mol. The molecule has 9 nitrogen and oxygen atoms in total. The van der Waals surface area contributed by atoms with E-state index >= 15 is 0 Å². The van der Waals surface area contributed by atoms with Crippen molar-refractivity contribution in [3.8, 4) is 28.4 Å². The Morgan fingerprint density at radius 3 is 2.28 bits per heavy atom. The van der Waals surface area contributed by atoms with E-state index < -0.39 is 0 Å². The highest BCUT2D eigenvalue weighted by atomic mass is 16.5. The molecule has 2 aromatic carbocycles. The fourth-order valence-electron chi connectivity index (χ4n) is 6.39. The highest BCUT2D eigenvalue weighted by molar-refractivity contribution is 5.83. The Balaban J connectivity index is 1.49. The minimum absolute atomic E-state index is 0.150. The summed E-state index contributed by atoms with van der Waals surface area (Å²) in [7, 11) is 4.74. The number of anilines is 1. The molecule has 1 fully saturated rings. The molecule has 4 rings (SSSR count). The number of hydrogen-bond acceptors (Lipinski definition) is 7. The number of hydrogen-bond donors (Lipinski definition) is 3. The predicted molar refractivity (Wildman–Crippen MR) is 169 cm³/mol. The number of unbranched alkanes of at least 4 members (excludes halogenated alkanes) is 2. The van der Waals surface area contributed by atoms with Crippen molar-refractivity contribution >= 4 is 17.5 Å². The summed E-state index contributed by atoms with van der Waals surface area (Å²) in [6.45, 7) is 2.10. The van der Waals surface area contributed by atoms with Crippen LogP contribution in [0.3, 0.4) is 0 Å². The van der Waals surface area contributed by atoms with Gasteiger partial charge in [-0.1, -0.05) is 38.2 Å². The molecule has 0 spiro atoms. The zero-order valence-electron chi connectivity index (χ0n) is 26.1. The molecule has 0 radical (unpaired) electrons. The smallest absolute Gasteiger partial charge is 0.220 e. The van der Waals surface area contributed by atoms with Gasteiger partial charge in [0.05, 0.1) is 33.1 Å². The molecule has 3 N–H and O–H groups in total. The van der Waals surface area contributed by atoms with Crippen LogP contribution in [0.25, 0.3) is 11.1 Å². The summed E-state index contributed by atoms with van der Waals surface area (Å²) in [6.07, 6.45) is 11.5. The first-order chi connectivity index (χ1) is 20.9. The van der Waals surface area contributed by atoms with E-state index in [0.29, 0.717) is 54.8 Å². The first-order valence-electron chi connectivity index (χ1n) is 15.7. The SMILES string of the molecule is COc1cc2c(c(OC)c1OC)-c1ccc(NCCCCCC(=O)NC3CCCCCC3)c(=O)cc1C(NC(C)=O)CC2. The summed E-state index contributed by atoms with van der Waals surface area (Å²) in [5, 5.41) is 9.56. The van der Waals surface area contributed by atoms with Gasteiger partial charge in [0.15, 0.2) is 11.5 Å². The minimum atomic E-state index is -0.348. The fraction of sp³-hybridized carbons (Fsp3) is 0.559. The van der Waals surface area contributed by atoms with Crippen LogP contribution in [0, 0.1) is 0 Å². The molecule has 0 aliphatic heterocycles. The first kappa shape index (κ1) is 32.2. The Labute approximate surface area is 255 Å². The van der Waals surface area contributed by atoms with Crippen LogP contribution in [0.4, 0.5) is 5.69 Å². The third kappa shape index (κ3) is 8.21. The number of rotatable bonds is 12. The number of aryl methyl sites for hydroxylation is 1. The summed E-state index contributed by atoms with van der Waals surface area (Å²) in [4.78, 5) is 38.0. The molecule has 0 heterocycles. The van der Waals surface area contributed by atoms with Crippen LogP contribution in [-0.4, -0.2) is 45.7 Å². The Morgan fingerprint density at radius 1 is 0.860 bits per heavy atom. The van der Waals surface area contributed by atoms with Crippen LogP contribution in [0.5, 0.6) is 17.2 Å². The summed E-state index contributed by atoms with van der Waals surface area (Å²) in [5.41, 5.74) is 3.68. The number of carbonyl (C=O) groups excluding carboxylic acids is 2. The number of nitrogens with one attached hydrogen (secondary N) is 3. The van der Waals surface area contributed by atoms with E-state index in [4.69, 9.17) is 14.2 Å². The van der Waals surface area contributed by atoms with Crippen LogP contribution < -0.4 is 35.6 Å². The van der Waals surface area contributed by atoms with Crippen molar-refractivity contribution in [2.45, 2.75) is 96.1 Å². The van der Waals surface area contributed by atoms with Crippen LogP contribution in [-0.2, 0) is 16.0 Å². The van der Waals surface area contributed by atoms with Gasteiger partial charge in [-0.05, 0) is 73.4 Å². The van der Waals surface area contributed by atoms with Crippen LogP contribution in [0.1, 0.15) is 94.7 Å². The number of carbonyl (C=O) groups is 2. The molecule has 1 atom stereocenters. The second kappa shape index (κ2) is 15.6. The van der Waals surface area contributed by atoms with Crippen LogP contribution in [0.2, 0.25) is 0 Å². The zero-order chi connectivity index (χ0) is 30.8. The van der Waals surface area contributed by atoms with Crippen molar-refractivity contribution in [3.05, 3.63) is 45.6 Å². The molecule has 9 heteroatoms. The monoisotopic (exact) mass is 593 g/mol. The second-order valence-electron chi connectivity index (χ2n) is 11.6. The van der Waals surface area contributed by atoms with E-state index in [1.54, 1.807) is 33.5 Å². The lowest BCUT2D eigenvalue weighted by Gasteiger charge is -2.19. The second-order valence-corrected chi connectivity index (χ2v) is 11.6. The lowest BCUT2D eigenvalue weighted by Crippen LogP contribution is -2.34. The highest BCUT2D eigenvalue weighted by Crippen LogP contribution is 2.50. The Hall–Kier alpha value is -3.75. The average Bonchev–Trinajstić information content (AvgIpc) is 3.39. The minimum Gasteiger partial charge on any atom is -0.493 e. The van der Waals surface area contributed by atoms with Crippen molar-refractivity contribution in [1.82, 2.24) is 10.6 Å². The normalized spacial score (nSPS) is 16.5. The molecule has 0 aromatic heterocycles. The lowest BCUT2D eigenvalue weighted by atomic mass is 9.95. The zero-order valence-corrected chi connectivity index (χ0v) is 26.1. The summed E-state index contributed by atoms with van der Waals surface area (Å²) >= 11 is 0. The van der Waals surface area contributed by atoms with E-state index in [-0.39, 0.29) is 23.3 Å². The van der Waals surface area contributed by atoms with Crippen molar-refractivity contribution in [3.63, 3.8) is 0 Å². The van der Waals surface area contributed by atoms with E-state index in [2.05, 4.69) is 16.0 Å².